The first-order valence-electron chi connectivity index (χ1n) is 5.52. The molecule has 0 saturated carbocycles. The first-order valence-corrected chi connectivity index (χ1v) is 5.90. The molecular formula is C12H9ClN4O3. The number of nitrogens with zero attached hydrogens (tertiary/aromatic N) is 3. The number of hydrogen-bond acceptors (Lipinski definition) is 5. The third kappa shape index (κ3) is 3.07. The number of aryl methyl sites for hydroxylation is 1. The van der Waals surface area contributed by atoms with Crippen LogP contribution in [0.3, 0.4) is 0 Å². The van der Waals surface area contributed by atoms with E-state index in [2.05, 4.69) is 15.3 Å². The van der Waals surface area contributed by atoms with Crippen molar-refractivity contribution in [2.24, 2.45) is 0 Å². The summed E-state index contributed by atoms with van der Waals surface area (Å²) in [7, 11) is 0. The summed E-state index contributed by atoms with van der Waals surface area (Å²) in [6, 6.07) is 5.73. The van der Waals surface area contributed by atoms with Crippen molar-refractivity contribution < 1.29 is 9.72 Å². The summed E-state index contributed by atoms with van der Waals surface area (Å²) >= 11 is 5.60. The van der Waals surface area contributed by atoms with Gasteiger partial charge in [-0.3, -0.25) is 14.9 Å². The lowest BCUT2D eigenvalue weighted by Gasteiger charge is -2.06. The molecule has 2 aromatic rings. The van der Waals surface area contributed by atoms with Gasteiger partial charge in [0, 0.05) is 12.3 Å². The Kier molecular flexibility index (Phi) is 3.90. The van der Waals surface area contributed by atoms with E-state index in [-0.39, 0.29) is 22.4 Å². The number of halogens is 1. The van der Waals surface area contributed by atoms with Gasteiger partial charge in [0.1, 0.15) is 11.4 Å². The van der Waals surface area contributed by atoms with Crippen molar-refractivity contribution in [3.63, 3.8) is 0 Å². The van der Waals surface area contributed by atoms with Gasteiger partial charge in [0.25, 0.3) is 11.6 Å². The van der Waals surface area contributed by atoms with E-state index < -0.39 is 10.8 Å². The monoisotopic (exact) mass is 292 g/mol. The largest absolute Gasteiger partial charge is 0.306 e. The van der Waals surface area contributed by atoms with E-state index in [1.54, 1.807) is 13.0 Å². The molecule has 0 unspecified atom stereocenters. The van der Waals surface area contributed by atoms with E-state index in [0.717, 1.165) is 5.56 Å². The van der Waals surface area contributed by atoms with Crippen molar-refractivity contribution in [1.29, 1.82) is 0 Å². The average molecular weight is 293 g/mol. The molecule has 1 amide bonds. The van der Waals surface area contributed by atoms with Gasteiger partial charge in [0.15, 0.2) is 0 Å². The summed E-state index contributed by atoms with van der Waals surface area (Å²) in [5, 5.41) is 13.3. The van der Waals surface area contributed by atoms with Crippen LogP contribution in [0.5, 0.6) is 0 Å². The first-order chi connectivity index (χ1) is 9.47. The van der Waals surface area contributed by atoms with Crippen LogP contribution >= 0.6 is 11.6 Å². The Balaban J connectivity index is 2.34. The zero-order chi connectivity index (χ0) is 14.7. The number of nitro benzene ring substituents is 1. The molecule has 1 aromatic heterocycles. The maximum atomic E-state index is 12.1. The van der Waals surface area contributed by atoms with E-state index >= 15 is 0 Å². The lowest BCUT2D eigenvalue weighted by atomic mass is 10.1. The second-order valence-corrected chi connectivity index (χ2v) is 4.28. The fourth-order valence-electron chi connectivity index (χ4n) is 1.58. The van der Waals surface area contributed by atoms with Crippen LogP contribution in [0.1, 0.15) is 15.9 Å². The zero-order valence-electron chi connectivity index (χ0n) is 10.3. The topological polar surface area (TPSA) is 98.0 Å². The fraction of sp³-hybridized carbons (Fsp3) is 0.0833. The minimum Gasteiger partial charge on any atom is -0.306 e. The van der Waals surface area contributed by atoms with Crippen LogP contribution in [-0.2, 0) is 0 Å². The maximum Gasteiger partial charge on any atom is 0.282 e. The van der Waals surface area contributed by atoms with Crippen LogP contribution in [0.25, 0.3) is 0 Å². The normalized spacial score (nSPS) is 10.1. The number of carbonyl (C=O) groups is 1. The van der Waals surface area contributed by atoms with Crippen molar-refractivity contribution in [1.82, 2.24) is 9.97 Å². The summed E-state index contributed by atoms with van der Waals surface area (Å²) < 4.78 is 0. The highest BCUT2D eigenvalue weighted by Crippen LogP contribution is 2.21. The van der Waals surface area contributed by atoms with Crippen LogP contribution in [0.4, 0.5) is 11.5 Å². The van der Waals surface area contributed by atoms with Crippen LogP contribution in [0, 0.1) is 17.0 Å². The molecule has 0 aliphatic heterocycles. The van der Waals surface area contributed by atoms with Crippen LogP contribution < -0.4 is 5.32 Å². The van der Waals surface area contributed by atoms with Gasteiger partial charge in [-0.2, -0.15) is 0 Å². The Bertz CT molecular complexity index is 690. The molecule has 0 aliphatic carbocycles. The molecule has 1 aromatic carbocycles. The quantitative estimate of drug-likeness (QED) is 0.532. The number of amides is 1. The zero-order valence-corrected chi connectivity index (χ0v) is 11.1. The molecule has 0 saturated heterocycles. The molecule has 0 bridgehead atoms. The van der Waals surface area contributed by atoms with E-state index in [1.165, 1.54) is 24.4 Å². The standard InChI is InChI=1S/C12H9ClN4O3/c1-7-2-3-9(17(19)20)8(6-7)11(18)15-10-4-5-14-12(13)16-10/h2-6H,1H3,(H,14,15,16,18). The molecule has 0 atom stereocenters. The van der Waals surface area contributed by atoms with Gasteiger partial charge < -0.3 is 5.32 Å². The second kappa shape index (κ2) is 5.62. The van der Waals surface area contributed by atoms with Crippen molar-refractivity contribution in [3.05, 3.63) is 57.0 Å². The highest BCUT2D eigenvalue weighted by Gasteiger charge is 2.20. The highest BCUT2D eigenvalue weighted by molar-refractivity contribution is 6.28. The molecule has 7 nitrogen and oxygen atoms in total. The van der Waals surface area contributed by atoms with Crippen LogP contribution in [-0.4, -0.2) is 20.8 Å². The number of carbonyl (C=O) groups excluding carboxylic acids is 1. The predicted molar refractivity (Wildman–Crippen MR) is 72.8 cm³/mol. The SMILES string of the molecule is Cc1ccc([N+](=O)[O-])c(C(=O)Nc2ccnc(Cl)n2)c1. The minimum absolute atomic E-state index is 0.0264. The van der Waals surface area contributed by atoms with Crippen LogP contribution in [0.2, 0.25) is 5.28 Å². The average Bonchev–Trinajstić information content (AvgIpc) is 2.38. The molecule has 0 spiro atoms. The number of benzene rings is 1. The van der Waals surface area contributed by atoms with Gasteiger partial charge in [-0.15, -0.1) is 0 Å². The van der Waals surface area contributed by atoms with Gasteiger partial charge >= 0.3 is 0 Å². The van der Waals surface area contributed by atoms with E-state index in [4.69, 9.17) is 11.6 Å². The number of nitrogens with one attached hydrogen (secondary N) is 1. The Morgan fingerprint density at radius 3 is 2.80 bits per heavy atom. The molecule has 0 aliphatic rings. The summed E-state index contributed by atoms with van der Waals surface area (Å²) in [5.41, 5.74) is 0.430. The number of rotatable bonds is 3. The van der Waals surface area contributed by atoms with Crippen LogP contribution in [0.15, 0.2) is 30.5 Å². The van der Waals surface area contributed by atoms with Crippen molar-refractivity contribution >= 4 is 29.0 Å². The van der Waals surface area contributed by atoms with E-state index in [9.17, 15) is 14.9 Å². The first kappa shape index (κ1) is 13.9. The van der Waals surface area contributed by atoms with E-state index in [1.807, 2.05) is 0 Å². The van der Waals surface area contributed by atoms with Crippen molar-refractivity contribution in [3.8, 4) is 0 Å². The molecule has 102 valence electrons. The second-order valence-electron chi connectivity index (χ2n) is 3.94. The Hall–Kier alpha value is -2.54. The summed E-state index contributed by atoms with van der Waals surface area (Å²) in [6.45, 7) is 1.74. The number of aromatic nitrogens is 2. The molecule has 1 heterocycles. The molecule has 1 N–H and O–H groups in total. The number of nitro groups is 1. The third-order valence-electron chi connectivity index (χ3n) is 2.46. The Morgan fingerprint density at radius 2 is 2.15 bits per heavy atom. The predicted octanol–water partition coefficient (Wildman–Crippen LogP) is 2.60. The molecule has 0 radical (unpaired) electrons. The number of hydrogen-bond donors (Lipinski definition) is 1. The Labute approximate surface area is 118 Å². The Morgan fingerprint density at radius 1 is 1.40 bits per heavy atom. The lowest BCUT2D eigenvalue weighted by Crippen LogP contribution is -2.15. The molecule has 20 heavy (non-hydrogen) atoms. The molecule has 0 fully saturated rings. The molecular weight excluding hydrogens is 284 g/mol. The maximum absolute atomic E-state index is 12.1. The van der Waals surface area contributed by atoms with Crippen molar-refractivity contribution in [2.45, 2.75) is 6.92 Å². The van der Waals surface area contributed by atoms with Gasteiger partial charge in [-0.1, -0.05) is 6.07 Å². The van der Waals surface area contributed by atoms with Gasteiger partial charge in [0.05, 0.1) is 4.92 Å². The van der Waals surface area contributed by atoms with Gasteiger partial charge in [-0.05, 0) is 36.2 Å². The van der Waals surface area contributed by atoms with Gasteiger partial charge in [-0.25, -0.2) is 9.97 Å². The van der Waals surface area contributed by atoms with E-state index in [0.29, 0.717) is 0 Å². The lowest BCUT2D eigenvalue weighted by molar-refractivity contribution is -0.385. The summed E-state index contributed by atoms with van der Waals surface area (Å²) in [5.74, 6) is -0.457. The minimum atomic E-state index is -0.629. The fourth-order valence-corrected chi connectivity index (χ4v) is 1.73. The van der Waals surface area contributed by atoms with Crippen molar-refractivity contribution in [2.75, 3.05) is 5.32 Å². The van der Waals surface area contributed by atoms with Gasteiger partial charge in [0.2, 0.25) is 5.28 Å². The highest BCUT2D eigenvalue weighted by atomic mass is 35.5. The smallest absolute Gasteiger partial charge is 0.282 e. The number of anilines is 1. The summed E-state index contributed by atoms with van der Waals surface area (Å²) in [6.07, 6.45) is 1.37. The molecule has 2 rings (SSSR count). The molecule has 8 heteroatoms. The third-order valence-corrected chi connectivity index (χ3v) is 2.64. The summed E-state index contributed by atoms with van der Waals surface area (Å²) in [4.78, 5) is 29.9.